The summed E-state index contributed by atoms with van der Waals surface area (Å²) in [6, 6.07) is 5.84. The second-order valence-electron chi connectivity index (χ2n) is 6.61. The molecule has 0 unspecified atom stereocenters. The highest BCUT2D eigenvalue weighted by Gasteiger charge is 2.11. The van der Waals surface area contributed by atoms with Crippen molar-refractivity contribution >= 4 is 11.9 Å². The van der Waals surface area contributed by atoms with Crippen LogP contribution in [0, 0.1) is 0 Å². The zero-order valence-corrected chi connectivity index (χ0v) is 16.8. The van der Waals surface area contributed by atoms with Crippen molar-refractivity contribution in [3.8, 4) is 11.5 Å². The Morgan fingerprint density at radius 1 is 1.30 bits per heavy atom. The first kappa shape index (κ1) is 20.8. The molecule has 6 heteroatoms. The number of benzene rings is 1. The van der Waals surface area contributed by atoms with E-state index in [2.05, 4.69) is 27.1 Å². The van der Waals surface area contributed by atoms with Crippen LogP contribution < -0.4 is 20.1 Å². The molecule has 148 valence electrons. The fourth-order valence-corrected chi connectivity index (χ4v) is 2.91. The lowest BCUT2D eigenvalue weighted by molar-refractivity contribution is 0.254. The number of hydrogen-bond acceptors (Lipinski definition) is 6. The largest absolute Gasteiger partial charge is 0.493 e. The Morgan fingerprint density at radius 2 is 2.07 bits per heavy atom. The second kappa shape index (κ2) is 11.3. The van der Waals surface area contributed by atoms with E-state index < -0.39 is 0 Å². The Balaban J connectivity index is 1.89. The first-order chi connectivity index (χ1) is 13.1. The molecule has 0 atom stereocenters. The van der Waals surface area contributed by atoms with Gasteiger partial charge in [0, 0.05) is 49.2 Å². The number of likely N-dealkylation sites (tertiary alicyclic amines) is 1. The summed E-state index contributed by atoms with van der Waals surface area (Å²) < 4.78 is 11.4. The van der Waals surface area contributed by atoms with Crippen LogP contribution in [0.3, 0.4) is 0 Å². The molecule has 1 saturated heterocycles. The smallest absolute Gasteiger partial charge is 0.163 e. The molecule has 1 heterocycles. The highest BCUT2D eigenvalue weighted by Crippen LogP contribution is 2.30. The number of allylic oxidation sites excluding steroid dienone is 2. The van der Waals surface area contributed by atoms with Crippen LogP contribution in [0.4, 0.5) is 5.69 Å². The first-order valence-electron chi connectivity index (χ1n) is 9.49. The van der Waals surface area contributed by atoms with Gasteiger partial charge in [-0.1, -0.05) is 6.58 Å². The predicted molar refractivity (Wildman–Crippen MR) is 113 cm³/mol. The van der Waals surface area contributed by atoms with E-state index in [1.54, 1.807) is 19.5 Å². The summed E-state index contributed by atoms with van der Waals surface area (Å²) in [7, 11) is 3.47. The van der Waals surface area contributed by atoms with Gasteiger partial charge in [-0.3, -0.25) is 4.99 Å². The van der Waals surface area contributed by atoms with Crippen molar-refractivity contribution in [2.75, 3.05) is 45.7 Å². The number of methoxy groups -OCH3 is 1. The Labute approximate surface area is 163 Å². The minimum Gasteiger partial charge on any atom is -0.493 e. The van der Waals surface area contributed by atoms with Crippen molar-refractivity contribution in [1.82, 2.24) is 10.2 Å². The number of nitrogens with zero attached hydrogens (tertiary/aromatic N) is 2. The average molecular weight is 373 g/mol. The maximum absolute atomic E-state index is 5.98. The van der Waals surface area contributed by atoms with Crippen molar-refractivity contribution in [3.05, 3.63) is 42.4 Å². The van der Waals surface area contributed by atoms with Gasteiger partial charge in [0.25, 0.3) is 0 Å². The summed E-state index contributed by atoms with van der Waals surface area (Å²) in [4.78, 5) is 6.72. The maximum atomic E-state index is 5.98. The van der Waals surface area contributed by atoms with Crippen LogP contribution in [-0.2, 0) is 0 Å². The van der Waals surface area contributed by atoms with E-state index in [0.717, 1.165) is 41.5 Å². The summed E-state index contributed by atoms with van der Waals surface area (Å²) in [6.07, 6.45) is 7.09. The molecular weight excluding hydrogens is 340 g/mol. The molecule has 27 heavy (non-hydrogen) atoms. The summed E-state index contributed by atoms with van der Waals surface area (Å²) in [6.45, 7) is 9.98. The van der Waals surface area contributed by atoms with Crippen molar-refractivity contribution in [2.45, 2.75) is 26.2 Å². The summed E-state index contributed by atoms with van der Waals surface area (Å²) in [5, 5.41) is 6.24. The monoisotopic (exact) mass is 372 g/mol. The number of aliphatic imine (C=N–C) groups is 1. The molecule has 0 radical (unpaired) electrons. The van der Waals surface area contributed by atoms with E-state index in [9.17, 15) is 0 Å². The van der Waals surface area contributed by atoms with Gasteiger partial charge in [-0.15, -0.1) is 0 Å². The fraction of sp³-hybridized carbons (Fsp3) is 0.476. The Hall–Kier alpha value is -2.47. The summed E-state index contributed by atoms with van der Waals surface area (Å²) >= 11 is 0. The van der Waals surface area contributed by atoms with E-state index in [-0.39, 0.29) is 0 Å². The highest BCUT2D eigenvalue weighted by atomic mass is 16.5. The Bertz CT molecular complexity index is 664. The molecular formula is C21H32N4O2. The SMILES string of the molecule is C=C(C=N/C=C(\C)Nc1ccc(OC)c(OCCCN2CCCC2)c1)NC. The molecule has 0 amide bonds. The molecule has 0 bridgehead atoms. The van der Waals surface area contributed by atoms with Gasteiger partial charge in [0.2, 0.25) is 0 Å². The number of rotatable bonds is 11. The highest BCUT2D eigenvalue weighted by molar-refractivity contribution is 5.77. The van der Waals surface area contributed by atoms with E-state index in [1.165, 1.54) is 25.9 Å². The van der Waals surface area contributed by atoms with Gasteiger partial charge in [-0.25, -0.2) is 0 Å². The summed E-state index contributed by atoms with van der Waals surface area (Å²) in [5.74, 6) is 1.50. The molecule has 1 aromatic carbocycles. The van der Waals surface area contributed by atoms with Gasteiger partial charge in [0.1, 0.15) is 0 Å². The predicted octanol–water partition coefficient (Wildman–Crippen LogP) is 3.64. The first-order valence-corrected chi connectivity index (χ1v) is 9.49. The van der Waals surface area contributed by atoms with E-state index in [4.69, 9.17) is 9.47 Å². The molecule has 0 aromatic heterocycles. The number of hydrogen-bond donors (Lipinski definition) is 2. The van der Waals surface area contributed by atoms with Crippen molar-refractivity contribution in [2.24, 2.45) is 4.99 Å². The van der Waals surface area contributed by atoms with E-state index >= 15 is 0 Å². The third kappa shape index (κ3) is 7.35. The van der Waals surface area contributed by atoms with Crippen LogP contribution in [0.1, 0.15) is 26.2 Å². The van der Waals surface area contributed by atoms with Crippen molar-refractivity contribution in [3.63, 3.8) is 0 Å². The molecule has 2 rings (SSSR count). The van der Waals surface area contributed by atoms with E-state index in [0.29, 0.717) is 6.61 Å². The van der Waals surface area contributed by atoms with Crippen molar-refractivity contribution < 1.29 is 9.47 Å². The molecule has 0 aliphatic carbocycles. The molecule has 1 aliphatic rings. The number of anilines is 1. The van der Waals surface area contributed by atoms with Crippen LogP contribution in [-0.4, -0.2) is 51.5 Å². The lowest BCUT2D eigenvalue weighted by Crippen LogP contribution is -2.21. The van der Waals surface area contributed by atoms with Gasteiger partial charge in [0.15, 0.2) is 11.5 Å². The minimum absolute atomic E-state index is 0.682. The van der Waals surface area contributed by atoms with E-state index in [1.807, 2.05) is 32.2 Å². The molecule has 0 spiro atoms. The molecule has 1 fully saturated rings. The van der Waals surface area contributed by atoms with Crippen LogP contribution in [0.2, 0.25) is 0 Å². The molecule has 1 aliphatic heterocycles. The minimum atomic E-state index is 0.682. The normalized spacial score (nSPS) is 15.1. The third-order valence-corrected chi connectivity index (χ3v) is 4.40. The van der Waals surface area contributed by atoms with Crippen LogP contribution in [0.5, 0.6) is 11.5 Å². The Kier molecular flexibility index (Phi) is 8.71. The van der Waals surface area contributed by atoms with Crippen LogP contribution in [0.15, 0.2) is 47.4 Å². The molecule has 1 aromatic rings. The van der Waals surface area contributed by atoms with Crippen LogP contribution in [0.25, 0.3) is 0 Å². The standard InChI is InChI=1S/C21H32N4O2/c1-17(22-3)15-23-16-18(2)24-19-8-9-20(26-4)21(14-19)27-13-7-12-25-10-5-6-11-25/h8-9,14-16,22,24H,1,5-7,10-13H2,2-4H3/b18-16+,23-15?. The third-order valence-electron chi connectivity index (χ3n) is 4.40. The molecule has 6 nitrogen and oxygen atoms in total. The number of ether oxygens (including phenoxy) is 2. The van der Waals surface area contributed by atoms with Crippen LogP contribution >= 0.6 is 0 Å². The average Bonchev–Trinajstić information content (AvgIpc) is 3.18. The van der Waals surface area contributed by atoms with Gasteiger partial charge in [-0.2, -0.15) is 0 Å². The second-order valence-corrected chi connectivity index (χ2v) is 6.61. The lowest BCUT2D eigenvalue weighted by Gasteiger charge is -2.16. The quantitative estimate of drug-likeness (QED) is 0.459. The van der Waals surface area contributed by atoms with Crippen molar-refractivity contribution in [1.29, 1.82) is 0 Å². The lowest BCUT2D eigenvalue weighted by atomic mass is 10.2. The topological polar surface area (TPSA) is 58.1 Å². The fourth-order valence-electron chi connectivity index (χ4n) is 2.91. The molecule has 0 saturated carbocycles. The molecule has 2 N–H and O–H groups in total. The van der Waals surface area contributed by atoms with Gasteiger partial charge < -0.3 is 25.0 Å². The maximum Gasteiger partial charge on any atom is 0.163 e. The Morgan fingerprint density at radius 3 is 2.78 bits per heavy atom. The van der Waals surface area contributed by atoms with Gasteiger partial charge >= 0.3 is 0 Å². The van der Waals surface area contributed by atoms with Gasteiger partial charge in [-0.05, 0) is 51.4 Å². The zero-order valence-electron chi connectivity index (χ0n) is 16.8. The van der Waals surface area contributed by atoms with Gasteiger partial charge in [0.05, 0.1) is 13.7 Å². The number of nitrogens with one attached hydrogen (secondary N) is 2. The summed E-state index contributed by atoms with van der Waals surface area (Å²) in [5.41, 5.74) is 2.61. The zero-order chi connectivity index (χ0) is 19.5.